The molecule has 2 amide bonds. The van der Waals surface area contributed by atoms with Crippen molar-refractivity contribution in [2.45, 2.75) is 64.2 Å². The van der Waals surface area contributed by atoms with Gasteiger partial charge in [0, 0.05) is 25.9 Å². The quantitative estimate of drug-likeness (QED) is 0.679. The van der Waals surface area contributed by atoms with E-state index < -0.39 is 0 Å². The maximum absolute atomic E-state index is 13.3. The molecule has 2 saturated heterocycles. The van der Waals surface area contributed by atoms with Crippen LogP contribution in [0.4, 0.5) is 0 Å². The van der Waals surface area contributed by atoms with Gasteiger partial charge in [0.15, 0.2) is 5.82 Å². The van der Waals surface area contributed by atoms with Gasteiger partial charge in [-0.05, 0) is 69.7 Å². The summed E-state index contributed by atoms with van der Waals surface area (Å²) in [6.07, 6.45) is 7.39. The number of benzene rings is 1. The van der Waals surface area contributed by atoms with E-state index in [1.165, 1.54) is 5.56 Å². The van der Waals surface area contributed by atoms with E-state index in [4.69, 9.17) is 9.26 Å². The second-order valence-electron chi connectivity index (χ2n) is 10.8. The lowest BCUT2D eigenvalue weighted by molar-refractivity contribution is -0.137. The van der Waals surface area contributed by atoms with Crippen molar-refractivity contribution in [3.05, 3.63) is 41.5 Å². The molecule has 0 saturated carbocycles. The summed E-state index contributed by atoms with van der Waals surface area (Å²) in [5, 5.41) is 7.22. The normalized spacial score (nSPS) is 23.3. The number of amides is 2. The topological polar surface area (TPSA) is 101 Å². The van der Waals surface area contributed by atoms with Crippen LogP contribution in [0.1, 0.15) is 68.1 Å². The number of hydrogen-bond donors (Lipinski definition) is 1. The van der Waals surface area contributed by atoms with Crippen LogP contribution in [-0.4, -0.2) is 77.6 Å². The van der Waals surface area contributed by atoms with E-state index in [1.807, 2.05) is 17.0 Å². The first-order chi connectivity index (χ1) is 18.0. The number of carbonyl (C=O) groups is 2. The second-order valence-corrected chi connectivity index (χ2v) is 10.8. The molecule has 9 nitrogen and oxygen atoms in total. The van der Waals surface area contributed by atoms with Crippen LogP contribution in [0.2, 0.25) is 0 Å². The molecule has 1 N–H and O–H groups in total. The van der Waals surface area contributed by atoms with E-state index >= 15 is 0 Å². The van der Waals surface area contributed by atoms with Crippen LogP contribution in [0.5, 0.6) is 5.75 Å². The van der Waals surface area contributed by atoms with Gasteiger partial charge in [-0.3, -0.25) is 14.5 Å². The largest absolute Gasteiger partial charge is 0.491 e. The molecular formula is C28H39N5O4. The minimum absolute atomic E-state index is 0.135. The first-order valence-electron chi connectivity index (χ1n) is 13.8. The van der Waals surface area contributed by atoms with Crippen LogP contribution >= 0.6 is 0 Å². The second kappa shape index (κ2) is 11.6. The molecular weight excluding hydrogens is 470 g/mol. The number of para-hydroxylation sites is 1. The summed E-state index contributed by atoms with van der Waals surface area (Å²) >= 11 is 0. The molecule has 3 aliphatic rings. The van der Waals surface area contributed by atoms with Crippen molar-refractivity contribution in [2.75, 3.05) is 45.9 Å². The van der Waals surface area contributed by atoms with Gasteiger partial charge in [0.05, 0.1) is 18.5 Å². The number of nitrogens with zero attached hydrogens (tertiary/aromatic N) is 4. The van der Waals surface area contributed by atoms with Crippen molar-refractivity contribution in [2.24, 2.45) is 5.41 Å². The number of fused-ring (bicyclic) bond motifs is 1. The number of piperidine rings is 2. The van der Waals surface area contributed by atoms with Crippen molar-refractivity contribution in [1.29, 1.82) is 0 Å². The number of rotatable bonds is 3. The van der Waals surface area contributed by atoms with Gasteiger partial charge in [-0.25, -0.2) is 0 Å². The number of nitrogens with one attached hydrogen (secondary N) is 1. The van der Waals surface area contributed by atoms with Gasteiger partial charge in [-0.15, -0.1) is 0 Å². The first-order valence-corrected chi connectivity index (χ1v) is 13.8. The lowest BCUT2D eigenvalue weighted by atomic mass is 9.73. The lowest BCUT2D eigenvalue weighted by Crippen LogP contribution is -2.52. The molecule has 9 heteroatoms. The van der Waals surface area contributed by atoms with Gasteiger partial charge < -0.3 is 19.5 Å². The minimum Gasteiger partial charge on any atom is -0.491 e. The maximum Gasteiger partial charge on any atom is 0.236 e. The Bertz CT molecular complexity index is 1080. The SMILES string of the molecule is Cc1nc(C2CCCN(C(=O)CN3CCC4(CCCCc5ccccc5OCCNC4=O)CC3)C2)no1. The van der Waals surface area contributed by atoms with Crippen LogP contribution < -0.4 is 10.1 Å². The Morgan fingerprint density at radius 3 is 2.78 bits per heavy atom. The zero-order chi connectivity index (χ0) is 25.7. The fourth-order valence-corrected chi connectivity index (χ4v) is 6.06. The predicted octanol–water partition coefficient (Wildman–Crippen LogP) is 3.09. The fourth-order valence-electron chi connectivity index (χ4n) is 6.06. The predicted molar refractivity (Wildman–Crippen MR) is 138 cm³/mol. The highest BCUT2D eigenvalue weighted by molar-refractivity contribution is 5.83. The van der Waals surface area contributed by atoms with E-state index in [0.717, 1.165) is 76.8 Å². The van der Waals surface area contributed by atoms with Crippen molar-refractivity contribution < 1.29 is 18.8 Å². The molecule has 5 rings (SSSR count). The number of ether oxygens (including phenoxy) is 1. The maximum atomic E-state index is 13.3. The Balaban J connectivity index is 1.15. The third-order valence-corrected chi connectivity index (χ3v) is 8.31. The van der Waals surface area contributed by atoms with Gasteiger partial charge in [0.25, 0.3) is 0 Å². The average molecular weight is 510 g/mol. The van der Waals surface area contributed by atoms with E-state index in [-0.39, 0.29) is 23.1 Å². The van der Waals surface area contributed by atoms with Gasteiger partial charge in [-0.2, -0.15) is 4.98 Å². The summed E-state index contributed by atoms with van der Waals surface area (Å²) in [5.41, 5.74) is 0.886. The van der Waals surface area contributed by atoms with Crippen LogP contribution in [0.25, 0.3) is 0 Å². The van der Waals surface area contributed by atoms with Gasteiger partial charge in [0.1, 0.15) is 12.4 Å². The van der Waals surface area contributed by atoms with Gasteiger partial charge in [0.2, 0.25) is 17.7 Å². The molecule has 0 radical (unpaired) electrons. The summed E-state index contributed by atoms with van der Waals surface area (Å²) in [7, 11) is 0. The summed E-state index contributed by atoms with van der Waals surface area (Å²) in [6, 6.07) is 8.20. The van der Waals surface area contributed by atoms with Crippen LogP contribution in [0.15, 0.2) is 28.8 Å². The van der Waals surface area contributed by atoms with Crippen LogP contribution in [0.3, 0.4) is 0 Å². The Kier molecular flexibility index (Phi) is 8.08. The van der Waals surface area contributed by atoms with Crippen LogP contribution in [0, 0.1) is 12.3 Å². The lowest BCUT2D eigenvalue weighted by Gasteiger charge is -2.41. The van der Waals surface area contributed by atoms with Gasteiger partial charge >= 0.3 is 0 Å². The molecule has 0 bridgehead atoms. The Labute approximate surface area is 218 Å². The molecule has 1 spiro atoms. The number of likely N-dealkylation sites (tertiary alicyclic amines) is 2. The molecule has 1 atom stereocenters. The summed E-state index contributed by atoms with van der Waals surface area (Å²) in [4.78, 5) is 35.0. The highest BCUT2D eigenvalue weighted by Crippen LogP contribution is 2.38. The smallest absolute Gasteiger partial charge is 0.236 e. The first kappa shape index (κ1) is 25.7. The van der Waals surface area contributed by atoms with Crippen molar-refractivity contribution in [3.8, 4) is 5.75 Å². The van der Waals surface area contributed by atoms with E-state index in [1.54, 1.807) is 6.92 Å². The zero-order valence-corrected chi connectivity index (χ0v) is 21.9. The van der Waals surface area contributed by atoms with E-state index in [9.17, 15) is 9.59 Å². The average Bonchev–Trinajstić information content (AvgIpc) is 3.36. The van der Waals surface area contributed by atoms with E-state index in [2.05, 4.69) is 32.5 Å². The van der Waals surface area contributed by atoms with Crippen LogP contribution in [-0.2, 0) is 16.0 Å². The molecule has 3 aliphatic heterocycles. The highest BCUT2D eigenvalue weighted by Gasteiger charge is 2.41. The molecule has 1 unspecified atom stereocenters. The number of hydrogen-bond acceptors (Lipinski definition) is 7. The zero-order valence-electron chi connectivity index (χ0n) is 21.9. The molecule has 37 heavy (non-hydrogen) atoms. The standard InChI is InChI=1S/C28H39N5O4/c1-21-30-26(31-37-21)23-9-6-15-33(19-23)25(34)20-32-16-12-28(13-17-32)11-5-4-8-22-7-2-3-10-24(22)36-18-14-29-27(28)35/h2-3,7,10,23H,4-6,8-9,11-20H2,1H3,(H,29,35). The fraction of sp³-hybridized carbons (Fsp3) is 0.643. The molecule has 1 aromatic heterocycles. The number of aromatic nitrogens is 2. The molecule has 2 fully saturated rings. The molecule has 4 heterocycles. The number of carbonyl (C=O) groups excluding carboxylic acids is 2. The molecule has 200 valence electrons. The molecule has 2 aromatic rings. The summed E-state index contributed by atoms with van der Waals surface area (Å²) in [5.74, 6) is 2.63. The van der Waals surface area contributed by atoms with Crippen molar-refractivity contribution in [1.82, 2.24) is 25.3 Å². The monoisotopic (exact) mass is 509 g/mol. The minimum atomic E-state index is -0.356. The third kappa shape index (κ3) is 6.14. The highest BCUT2D eigenvalue weighted by atomic mass is 16.5. The van der Waals surface area contributed by atoms with E-state index in [0.29, 0.717) is 38.0 Å². The van der Waals surface area contributed by atoms with Gasteiger partial charge in [-0.1, -0.05) is 29.8 Å². The summed E-state index contributed by atoms with van der Waals surface area (Å²) in [6.45, 7) is 6.12. The van der Waals surface area contributed by atoms with Crippen molar-refractivity contribution in [3.63, 3.8) is 0 Å². The Morgan fingerprint density at radius 2 is 1.97 bits per heavy atom. The molecule has 0 aliphatic carbocycles. The summed E-state index contributed by atoms with van der Waals surface area (Å²) < 4.78 is 11.1. The molecule has 1 aromatic carbocycles. The third-order valence-electron chi connectivity index (χ3n) is 8.31. The number of aryl methyl sites for hydroxylation is 2. The Hall–Kier alpha value is -2.94. The Morgan fingerprint density at radius 1 is 1.14 bits per heavy atom. The van der Waals surface area contributed by atoms with Crippen molar-refractivity contribution >= 4 is 11.8 Å².